The van der Waals surface area contributed by atoms with E-state index in [-0.39, 0.29) is 11.5 Å². The van der Waals surface area contributed by atoms with Crippen LogP contribution in [0.1, 0.15) is 5.56 Å². The van der Waals surface area contributed by atoms with Gasteiger partial charge in [-0.05, 0) is 52.9 Å². The van der Waals surface area contributed by atoms with Gasteiger partial charge in [0.2, 0.25) is 0 Å². The number of thiazole rings is 1. The Kier molecular flexibility index (Phi) is 4.13. The van der Waals surface area contributed by atoms with Gasteiger partial charge in [-0.15, -0.1) is 0 Å². The summed E-state index contributed by atoms with van der Waals surface area (Å²) in [4.78, 5) is 34.9. The van der Waals surface area contributed by atoms with Crippen LogP contribution in [0, 0.1) is 3.57 Å². The molecule has 8 heteroatoms. The molecule has 6 nitrogen and oxygen atoms in total. The summed E-state index contributed by atoms with van der Waals surface area (Å²) >= 11 is 3.57. The average Bonchev–Trinajstić information content (AvgIpc) is 3.16. The highest BCUT2D eigenvalue weighted by atomic mass is 127. The lowest BCUT2D eigenvalue weighted by Gasteiger charge is -2.25. The summed E-state index contributed by atoms with van der Waals surface area (Å²) in [5.74, 6) is -0.146. The Morgan fingerprint density at radius 3 is 2.61 bits per heavy atom. The maximum absolute atomic E-state index is 13.2. The number of nitrogens with zero attached hydrogens (tertiary/aromatic N) is 4. The molecule has 0 saturated carbocycles. The Morgan fingerprint density at radius 2 is 1.82 bits per heavy atom. The number of carbonyl (C=O) groups excluding carboxylic acids is 1. The number of likely N-dealkylation sites (N-methyl/N-ethyl adjacent to an activating group) is 1. The lowest BCUT2D eigenvalue weighted by atomic mass is 10.1. The lowest BCUT2D eigenvalue weighted by Crippen LogP contribution is -2.43. The minimum Gasteiger partial charge on any atom is -0.334 e. The number of aromatic nitrogens is 1. The highest BCUT2D eigenvalue weighted by molar-refractivity contribution is 14.1. The van der Waals surface area contributed by atoms with Gasteiger partial charge in [0.15, 0.2) is 4.80 Å². The first-order valence-electron chi connectivity index (χ1n) is 8.71. The molecule has 0 unspecified atom stereocenters. The largest absolute Gasteiger partial charge is 0.334 e. The molecule has 0 atom stereocenters. The molecule has 3 aromatic rings. The first-order valence-corrected chi connectivity index (χ1v) is 10.6. The molecule has 1 amide bonds. The molecular formula is C20H15IN4O2S. The predicted octanol–water partition coefficient (Wildman–Crippen LogP) is 1.74. The number of rotatable bonds is 1. The molecule has 140 valence electrons. The van der Waals surface area contributed by atoms with Crippen LogP contribution in [0.2, 0.25) is 0 Å². The van der Waals surface area contributed by atoms with E-state index in [0.717, 1.165) is 20.5 Å². The molecule has 0 bridgehead atoms. The second-order valence-electron chi connectivity index (χ2n) is 6.66. The van der Waals surface area contributed by atoms with Crippen LogP contribution in [-0.4, -0.2) is 24.2 Å². The van der Waals surface area contributed by atoms with Gasteiger partial charge in [0.1, 0.15) is 17.9 Å². The fraction of sp³-hybridized carbons (Fsp3) is 0.150. The van der Waals surface area contributed by atoms with Gasteiger partial charge in [-0.3, -0.25) is 14.2 Å². The van der Waals surface area contributed by atoms with Gasteiger partial charge in [0, 0.05) is 21.9 Å². The zero-order chi connectivity index (χ0) is 19.4. The Bertz CT molecular complexity index is 1290. The number of para-hydroxylation sites is 1. The monoisotopic (exact) mass is 502 g/mol. The van der Waals surface area contributed by atoms with E-state index in [2.05, 4.69) is 27.6 Å². The van der Waals surface area contributed by atoms with E-state index >= 15 is 0 Å². The summed E-state index contributed by atoms with van der Waals surface area (Å²) in [5, 5.41) is 0. The number of hydrogen-bond acceptors (Lipinski definition) is 5. The number of amides is 1. The van der Waals surface area contributed by atoms with Crippen molar-refractivity contribution in [3.8, 4) is 0 Å². The van der Waals surface area contributed by atoms with Crippen LogP contribution in [0.25, 0.3) is 5.57 Å². The number of benzene rings is 2. The van der Waals surface area contributed by atoms with Gasteiger partial charge < -0.3 is 9.80 Å². The van der Waals surface area contributed by atoms with Gasteiger partial charge in [-0.25, -0.2) is 4.99 Å². The molecule has 0 saturated heterocycles. The number of hydrogen-bond donors (Lipinski definition) is 0. The predicted molar refractivity (Wildman–Crippen MR) is 118 cm³/mol. The standard InChI is InChI=1S/C20H15IN4O2S/c1-23-15-5-3-2-4-14(15)16(18(23)26)17-19(27)25-11-24(10-22-20(25)28-17)13-8-6-12(21)7-9-13/h2-9H,10-11H2,1H3/b17-16-. The van der Waals surface area contributed by atoms with E-state index in [0.29, 0.717) is 28.2 Å². The fourth-order valence-electron chi connectivity index (χ4n) is 3.57. The van der Waals surface area contributed by atoms with Crippen molar-refractivity contribution in [3.05, 3.63) is 77.4 Å². The third kappa shape index (κ3) is 2.62. The molecule has 0 N–H and O–H groups in total. The van der Waals surface area contributed by atoms with Crippen molar-refractivity contribution in [2.24, 2.45) is 4.99 Å². The van der Waals surface area contributed by atoms with E-state index in [1.165, 1.54) is 11.3 Å². The maximum atomic E-state index is 13.2. The van der Waals surface area contributed by atoms with Crippen molar-refractivity contribution in [2.75, 3.05) is 23.5 Å². The summed E-state index contributed by atoms with van der Waals surface area (Å²) in [7, 11) is 1.74. The summed E-state index contributed by atoms with van der Waals surface area (Å²) < 4.78 is 3.28. The third-order valence-corrected chi connectivity index (χ3v) is 6.86. The second kappa shape index (κ2) is 6.56. The maximum Gasteiger partial charge on any atom is 0.272 e. The molecule has 3 heterocycles. The zero-order valence-electron chi connectivity index (χ0n) is 14.9. The Balaban J connectivity index is 1.66. The first-order chi connectivity index (χ1) is 13.5. The van der Waals surface area contributed by atoms with Crippen LogP contribution in [0.4, 0.5) is 11.4 Å². The van der Waals surface area contributed by atoms with Crippen molar-refractivity contribution in [2.45, 2.75) is 6.67 Å². The Hall–Kier alpha value is -2.46. The molecule has 1 aromatic heterocycles. The summed E-state index contributed by atoms with van der Waals surface area (Å²) in [5.41, 5.74) is 2.97. The number of fused-ring (bicyclic) bond motifs is 2. The van der Waals surface area contributed by atoms with Gasteiger partial charge >= 0.3 is 0 Å². The fourth-order valence-corrected chi connectivity index (χ4v) is 4.98. The molecule has 2 aromatic carbocycles. The molecule has 2 aliphatic heterocycles. The molecule has 2 aliphatic rings. The van der Waals surface area contributed by atoms with Crippen molar-refractivity contribution in [1.82, 2.24) is 4.57 Å². The zero-order valence-corrected chi connectivity index (χ0v) is 17.9. The normalized spacial score (nSPS) is 17.4. The van der Waals surface area contributed by atoms with E-state index < -0.39 is 0 Å². The molecule has 0 radical (unpaired) electrons. The molecule has 0 fully saturated rings. The summed E-state index contributed by atoms with van der Waals surface area (Å²) in [6.07, 6.45) is 0. The van der Waals surface area contributed by atoms with Crippen molar-refractivity contribution in [3.63, 3.8) is 0 Å². The van der Waals surface area contributed by atoms with E-state index in [9.17, 15) is 9.59 Å². The van der Waals surface area contributed by atoms with Crippen molar-refractivity contribution >= 4 is 56.8 Å². The average molecular weight is 502 g/mol. The van der Waals surface area contributed by atoms with Gasteiger partial charge in [-0.2, -0.15) is 0 Å². The minimum atomic E-state index is -0.160. The van der Waals surface area contributed by atoms with Gasteiger partial charge in [0.05, 0.1) is 11.3 Å². The molecule has 5 rings (SSSR count). The summed E-state index contributed by atoms with van der Waals surface area (Å²) in [6, 6.07) is 15.7. The molecule has 0 aliphatic carbocycles. The van der Waals surface area contributed by atoms with Gasteiger partial charge in [0.25, 0.3) is 11.5 Å². The van der Waals surface area contributed by atoms with E-state index in [1.54, 1.807) is 16.5 Å². The van der Waals surface area contributed by atoms with Crippen LogP contribution in [0.3, 0.4) is 0 Å². The van der Waals surface area contributed by atoms with Crippen LogP contribution < -0.4 is 24.7 Å². The van der Waals surface area contributed by atoms with Crippen LogP contribution in [0.5, 0.6) is 0 Å². The number of halogens is 1. The Morgan fingerprint density at radius 1 is 1.07 bits per heavy atom. The SMILES string of the molecule is CN1C(=O)/C(=c2\sc3n(c2=O)CN(c2ccc(I)cc2)CN=3)c2ccccc21. The Labute approximate surface area is 178 Å². The van der Waals surface area contributed by atoms with E-state index in [4.69, 9.17) is 0 Å². The van der Waals surface area contributed by atoms with Crippen LogP contribution in [0.15, 0.2) is 58.3 Å². The minimum absolute atomic E-state index is 0.146. The highest BCUT2D eigenvalue weighted by Gasteiger charge is 2.32. The summed E-state index contributed by atoms with van der Waals surface area (Å²) in [6.45, 7) is 0.910. The number of carbonyl (C=O) groups is 1. The molecule has 28 heavy (non-hydrogen) atoms. The van der Waals surface area contributed by atoms with E-state index in [1.807, 2.05) is 53.4 Å². The topological polar surface area (TPSA) is 57.9 Å². The van der Waals surface area contributed by atoms with Crippen molar-refractivity contribution < 1.29 is 4.79 Å². The lowest BCUT2D eigenvalue weighted by molar-refractivity contribution is -0.112. The van der Waals surface area contributed by atoms with Crippen LogP contribution >= 0.6 is 33.9 Å². The molecule has 0 spiro atoms. The van der Waals surface area contributed by atoms with Crippen molar-refractivity contribution in [1.29, 1.82) is 0 Å². The quantitative estimate of drug-likeness (QED) is 0.477. The highest BCUT2D eigenvalue weighted by Crippen LogP contribution is 2.33. The number of anilines is 2. The third-order valence-electron chi connectivity index (χ3n) is 5.02. The molecular weight excluding hydrogens is 487 g/mol. The first kappa shape index (κ1) is 17.6. The second-order valence-corrected chi connectivity index (χ2v) is 8.88. The van der Waals surface area contributed by atoms with Crippen LogP contribution in [-0.2, 0) is 11.5 Å². The smallest absolute Gasteiger partial charge is 0.272 e. The van der Waals surface area contributed by atoms with Gasteiger partial charge in [-0.1, -0.05) is 29.5 Å².